The van der Waals surface area contributed by atoms with Gasteiger partial charge in [0, 0.05) is 17.5 Å². The second kappa shape index (κ2) is 8.36. The van der Waals surface area contributed by atoms with Gasteiger partial charge >= 0.3 is 6.09 Å². The highest BCUT2D eigenvalue weighted by Gasteiger charge is 2.30. The third-order valence-electron chi connectivity index (χ3n) is 3.89. The van der Waals surface area contributed by atoms with E-state index in [-0.39, 0.29) is 17.7 Å². The van der Waals surface area contributed by atoms with E-state index in [1.54, 1.807) is 11.3 Å². The number of alkyl carbamates (subject to hydrolysis) is 1. The van der Waals surface area contributed by atoms with E-state index in [9.17, 15) is 4.79 Å². The Morgan fingerprint density at radius 3 is 2.35 bits per heavy atom. The summed E-state index contributed by atoms with van der Waals surface area (Å²) in [7, 11) is 0. The number of hydrogen-bond acceptors (Lipinski definition) is 4. The lowest BCUT2D eigenvalue weighted by Crippen LogP contribution is -2.55. The number of thiophene rings is 1. The summed E-state index contributed by atoms with van der Waals surface area (Å²) >= 11 is 7.57. The molecule has 132 valence electrons. The van der Waals surface area contributed by atoms with E-state index in [0.717, 1.165) is 17.2 Å². The van der Waals surface area contributed by atoms with Crippen molar-refractivity contribution >= 4 is 29.0 Å². The van der Waals surface area contributed by atoms with Crippen LogP contribution in [0.4, 0.5) is 4.79 Å². The molecule has 0 bridgehead atoms. The van der Waals surface area contributed by atoms with Crippen molar-refractivity contribution in [2.24, 2.45) is 0 Å². The molecule has 4 nitrogen and oxygen atoms in total. The minimum atomic E-state index is -0.494. The molecule has 1 aromatic heterocycles. The van der Waals surface area contributed by atoms with Crippen molar-refractivity contribution in [2.75, 3.05) is 6.54 Å². The van der Waals surface area contributed by atoms with Crippen LogP contribution in [-0.2, 0) is 4.74 Å². The molecule has 0 aliphatic heterocycles. The summed E-state index contributed by atoms with van der Waals surface area (Å²) in [6.07, 6.45) is 1.29. The maximum absolute atomic E-state index is 12.1. The van der Waals surface area contributed by atoms with Gasteiger partial charge in [-0.1, -0.05) is 25.4 Å². The second-order valence-corrected chi connectivity index (χ2v) is 8.61. The van der Waals surface area contributed by atoms with Gasteiger partial charge in [0.15, 0.2) is 0 Å². The van der Waals surface area contributed by atoms with Crippen molar-refractivity contribution in [3.63, 3.8) is 0 Å². The summed E-state index contributed by atoms with van der Waals surface area (Å²) in [4.78, 5) is 13.3. The molecule has 2 N–H and O–H groups in total. The van der Waals surface area contributed by atoms with Gasteiger partial charge in [-0.25, -0.2) is 4.79 Å². The Morgan fingerprint density at radius 1 is 1.30 bits per heavy atom. The molecule has 1 atom stereocenters. The summed E-state index contributed by atoms with van der Waals surface area (Å²) < 4.78 is 6.19. The van der Waals surface area contributed by atoms with Crippen LogP contribution in [-0.4, -0.2) is 23.8 Å². The van der Waals surface area contributed by atoms with Crippen molar-refractivity contribution in [3.8, 4) is 0 Å². The molecule has 0 fully saturated rings. The molecule has 0 saturated heterocycles. The van der Waals surface area contributed by atoms with E-state index in [1.807, 2.05) is 32.9 Å². The normalized spacial score (nSPS) is 13.7. The second-order valence-electron chi connectivity index (χ2n) is 6.86. The smallest absolute Gasteiger partial charge is 0.408 e. The average Bonchev–Trinajstić information content (AvgIpc) is 2.88. The fourth-order valence-corrected chi connectivity index (χ4v) is 3.34. The van der Waals surface area contributed by atoms with Gasteiger partial charge < -0.3 is 15.4 Å². The zero-order valence-corrected chi connectivity index (χ0v) is 16.5. The van der Waals surface area contributed by atoms with Crippen LogP contribution in [0.25, 0.3) is 0 Å². The number of nitrogens with one attached hydrogen (secondary N) is 2. The molecule has 1 unspecified atom stereocenters. The Balaban J connectivity index is 2.67. The molecule has 23 heavy (non-hydrogen) atoms. The monoisotopic (exact) mass is 360 g/mol. The van der Waals surface area contributed by atoms with Crippen LogP contribution in [0.3, 0.4) is 0 Å². The van der Waals surface area contributed by atoms with E-state index < -0.39 is 5.60 Å². The highest BCUT2D eigenvalue weighted by molar-refractivity contribution is 7.16. The molecule has 0 saturated carbocycles. The lowest BCUT2D eigenvalue weighted by atomic mass is 9.92. The summed E-state index contributed by atoms with van der Waals surface area (Å²) in [5, 5.41) is 6.56. The first-order valence-electron chi connectivity index (χ1n) is 8.10. The zero-order valence-electron chi connectivity index (χ0n) is 15.0. The topological polar surface area (TPSA) is 50.4 Å². The number of ether oxygens (including phenoxy) is 1. The molecular formula is C17H29ClN2O2S. The van der Waals surface area contributed by atoms with Crippen LogP contribution in [0.5, 0.6) is 0 Å². The van der Waals surface area contributed by atoms with Crippen LogP contribution in [0.15, 0.2) is 12.1 Å². The summed E-state index contributed by atoms with van der Waals surface area (Å²) in [6.45, 7) is 12.5. The molecule has 1 aromatic rings. The van der Waals surface area contributed by atoms with Crippen molar-refractivity contribution in [3.05, 3.63) is 21.3 Å². The van der Waals surface area contributed by atoms with Crippen LogP contribution < -0.4 is 10.6 Å². The van der Waals surface area contributed by atoms with E-state index in [4.69, 9.17) is 16.3 Å². The number of rotatable bonds is 7. The highest BCUT2D eigenvalue weighted by atomic mass is 35.5. The SMILES string of the molecule is CCC(CC)(CNC(C)c1ccc(Cl)s1)NC(=O)OC(C)(C)C. The van der Waals surface area contributed by atoms with E-state index in [0.29, 0.717) is 6.54 Å². The van der Waals surface area contributed by atoms with E-state index in [1.165, 1.54) is 4.88 Å². The Bertz CT molecular complexity index is 507. The Labute approximate surface area is 148 Å². The van der Waals surface area contributed by atoms with Gasteiger partial charge in [-0.3, -0.25) is 0 Å². The van der Waals surface area contributed by atoms with Crippen molar-refractivity contribution in [1.82, 2.24) is 10.6 Å². The van der Waals surface area contributed by atoms with Crippen molar-refractivity contribution < 1.29 is 9.53 Å². The number of hydrogen-bond donors (Lipinski definition) is 2. The fourth-order valence-electron chi connectivity index (χ4n) is 2.25. The minimum Gasteiger partial charge on any atom is -0.444 e. The third-order valence-corrected chi connectivity index (χ3v) is 5.30. The largest absolute Gasteiger partial charge is 0.444 e. The maximum Gasteiger partial charge on any atom is 0.408 e. The number of halogens is 1. The summed E-state index contributed by atoms with van der Waals surface area (Å²) in [5.41, 5.74) is -0.816. The van der Waals surface area contributed by atoms with Crippen LogP contribution in [0.2, 0.25) is 4.34 Å². The Hall–Kier alpha value is -0.780. The van der Waals surface area contributed by atoms with Gasteiger partial charge in [0.2, 0.25) is 0 Å². The van der Waals surface area contributed by atoms with Gasteiger partial charge in [-0.2, -0.15) is 0 Å². The molecule has 1 rings (SSSR count). The first-order valence-corrected chi connectivity index (χ1v) is 9.30. The van der Waals surface area contributed by atoms with Gasteiger partial charge in [0.25, 0.3) is 0 Å². The predicted octanol–water partition coefficient (Wildman–Crippen LogP) is 5.14. The average molecular weight is 361 g/mol. The maximum atomic E-state index is 12.1. The molecule has 0 spiro atoms. The summed E-state index contributed by atoms with van der Waals surface area (Å²) in [6, 6.07) is 4.13. The number of amides is 1. The van der Waals surface area contributed by atoms with E-state index >= 15 is 0 Å². The fraction of sp³-hybridized carbons (Fsp3) is 0.706. The van der Waals surface area contributed by atoms with Gasteiger partial charge in [-0.05, 0) is 52.7 Å². The van der Waals surface area contributed by atoms with Crippen LogP contribution in [0.1, 0.15) is 65.3 Å². The van der Waals surface area contributed by atoms with E-state index in [2.05, 4.69) is 31.4 Å². The third kappa shape index (κ3) is 6.69. The Morgan fingerprint density at radius 2 is 1.91 bits per heavy atom. The first kappa shape index (κ1) is 20.3. The minimum absolute atomic E-state index is 0.186. The van der Waals surface area contributed by atoms with Crippen molar-refractivity contribution in [1.29, 1.82) is 0 Å². The molecule has 6 heteroatoms. The number of carbonyl (C=O) groups is 1. The zero-order chi connectivity index (χ0) is 17.7. The number of carbonyl (C=O) groups excluding carboxylic acids is 1. The molecule has 0 aromatic carbocycles. The molecular weight excluding hydrogens is 332 g/mol. The molecule has 1 amide bonds. The molecule has 0 aliphatic rings. The predicted molar refractivity (Wildman–Crippen MR) is 98.4 cm³/mol. The van der Waals surface area contributed by atoms with Crippen LogP contribution >= 0.6 is 22.9 Å². The molecule has 0 radical (unpaired) electrons. The quantitative estimate of drug-likeness (QED) is 0.708. The van der Waals surface area contributed by atoms with Crippen molar-refractivity contribution in [2.45, 2.75) is 71.6 Å². The lowest BCUT2D eigenvalue weighted by Gasteiger charge is -2.35. The van der Waals surface area contributed by atoms with Gasteiger partial charge in [-0.15, -0.1) is 11.3 Å². The highest BCUT2D eigenvalue weighted by Crippen LogP contribution is 2.27. The molecule has 0 aliphatic carbocycles. The lowest BCUT2D eigenvalue weighted by molar-refractivity contribution is 0.0444. The van der Waals surface area contributed by atoms with Gasteiger partial charge in [0.1, 0.15) is 5.60 Å². The Kier molecular flexibility index (Phi) is 7.36. The molecule has 1 heterocycles. The van der Waals surface area contributed by atoms with Crippen LogP contribution in [0, 0.1) is 0 Å². The standard InChI is InChI=1S/C17H29ClN2O2S/c1-7-17(8-2,20-15(21)22-16(4,5)6)11-19-12(3)13-9-10-14(18)23-13/h9-10,12,19H,7-8,11H2,1-6H3,(H,20,21). The summed E-state index contributed by atoms with van der Waals surface area (Å²) in [5.74, 6) is 0. The van der Waals surface area contributed by atoms with Gasteiger partial charge in [0.05, 0.1) is 9.88 Å². The first-order chi connectivity index (χ1) is 10.6.